The summed E-state index contributed by atoms with van der Waals surface area (Å²) >= 11 is 0. The van der Waals surface area contributed by atoms with Crippen molar-refractivity contribution in [1.29, 1.82) is 0 Å². The minimum absolute atomic E-state index is 0.134. The van der Waals surface area contributed by atoms with E-state index in [-0.39, 0.29) is 5.84 Å². The van der Waals surface area contributed by atoms with Crippen molar-refractivity contribution in [3.8, 4) is 0 Å². The molecule has 1 rings (SSSR count). The third kappa shape index (κ3) is 2.59. The number of rotatable bonds is 4. The van der Waals surface area contributed by atoms with Gasteiger partial charge in [-0.25, -0.2) is 0 Å². The standard InChI is InChI=1S/C6H10N4O2/c7-6(10-11)4-8-3-5-1-2-9-12-5/h1-2,8,11H,3-4H2,(H2,7,10). The van der Waals surface area contributed by atoms with Gasteiger partial charge in [-0.3, -0.25) is 0 Å². The van der Waals surface area contributed by atoms with Gasteiger partial charge in [-0.05, 0) is 0 Å². The first-order valence-corrected chi connectivity index (χ1v) is 3.39. The Hall–Kier alpha value is -1.56. The van der Waals surface area contributed by atoms with Crippen LogP contribution in [-0.2, 0) is 6.54 Å². The molecule has 0 fully saturated rings. The number of hydrogen-bond acceptors (Lipinski definition) is 5. The van der Waals surface area contributed by atoms with Crippen LogP contribution in [0.3, 0.4) is 0 Å². The van der Waals surface area contributed by atoms with Crippen molar-refractivity contribution in [1.82, 2.24) is 10.5 Å². The van der Waals surface area contributed by atoms with Crippen LogP contribution in [0.25, 0.3) is 0 Å². The average Bonchev–Trinajstić information content (AvgIpc) is 2.57. The SMILES string of the molecule is NC(CNCc1ccno1)=NO. The van der Waals surface area contributed by atoms with Crippen LogP contribution < -0.4 is 11.1 Å². The summed E-state index contributed by atoms with van der Waals surface area (Å²) < 4.78 is 4.79. The van der Waals surface area contributed by atoms with Crippen LogP contribution in [0.1, 0.15) is 5.76 Å². The second-order valence-electron chi connectivity index (χ2n) is 2.17. The second kappa shape index (κ2) is 4.35. The van der Waals surface area contributed by atoms with Gasteiger partial charge in [0.15, 0.2) is 5.84 Å². The predicted molar refractivity (Wildman–Crippen MR) is 41.6 cm³/mol. The van der Waals surface area contributed by atoms with Crippen molar-refractivity contribution in [2.24, 2.45) is 10.9 Å². The van der Waals surface area contributed by atoms with Gasteiger partial charge < -0.3 is 20.8 Å². The van der Waals surface area contributed by atoms with Gasteiger partial charge in [-0.1, -0.05) is 10.3 Å². The predicted octanol–water partition coefficient (Wildman–Crippen LogP) is -0.489. The Kier molecular flexibility index (Phi) is 3.09. The Labute approximate surface area is 69.0 Å². The van der Waals surface area contributed by atoms with E-state index in [1.165, 1.54) is 0 Å². The van der Waals surface area contributed by atoms with Crippen molar-refractivity contribution in [2.75, 3.05) is 6.54 Å². The number of nitrogens with zero attached hydrogens (tertiary/aromatic N) is 2. The van der Waals surface area contributed by atoms with Crippen molar-refractivity contribution >= 4 is 5.84 Å². The highest BCUT2D eigenvalue weighted by Crippen LogP contribution is 1.93. The Morgan fingerprint density at radius 1 is 1.83 bits per heavy atom. The number of amidine groups is 1. The summed E-state index contributed by atoms with van der Waals surface area (Å²) in [6.45, 7) is 0.827. The summed E-state index contributed by atoms with van der Waals surface area (Å²) in [5.74, 6) is 0.843. The lowest BCUT2D eigenvalue weighted by atomic mass is 10.4. The fourth-order valence-electron chi connectivity index (χ4n) is 0.682. The molecule has 66 valence electrons. The highest BCUT2D eigenvalue weighted by atomic mass is 16.5. The maximum atomic E-state index is 8.18. The van der Waals surface area contributed by atoms with Crippen molar-refractivity contribution in [3.05, 3.63) is 18.0 Å². The summed E-state index contributed by atoms with van der Waals surface area (Å²) in [5.41, 5.74) is 5.20. The van der Waals surface area contributed by atoms with Crippen LogP contribution in [-0.4, -0.2) is 22.7 Å². The van der Waals surface area contributed by atoms with Gasteiger partial charge in [0.05, 0.1) is 19.3 Å². The number of oxime groups is 1. The van der Waals surface area contributed by atoms with Gasteiger partial charge >= 0.3 is 0 Å². The molecule has 0 bridgehead atoms. The maximum Gasteiger partial charge on any atom is 0.153 e. The van der Waals surface area contributed by atoms with Gasteiger partial charge in [-0.15, -0.1) is 0 Å². The highest BCUT2D eigenvalue weighted by molar-refractivity contribution is 5.81. The molecular formula is C6H10N4O2. The minimum Gasteiger partial charge on any atom is -0.409 e. The fourth-order valence-corrected chi connectivity index (χ4v) is 0.682. The molecular weight excluding hydrogens is 160 g/mol. The molecule has 6 heteroatoms. The van der Waals surface area contributed by atoms with E-state index >= 15 is 0 Å². The van der Waals surface area contributed by atoms with Crippen molar-refractivity contribution < 1.29 is 9.73 Å². The van der Waals surface area contributed by atoms with Crippen LogP contribution in [0.4, 0.5) is 0 Å². The third-order valence-corrected chi connectivity index (χ3v) is 1.23. The van der Waals surface area contributed by atoms with Gasteiger partial charge in [0, 0.05) is 6.07 Å². The number of nitrogens with one attached hydrogen (secondary N) is 1. The molecule has 0 unspecified atom stereocenters. The van der Waals surface area contributed by atoms with E-state index in [0.29, 0.717) is 18.8 Å². The molecule has 0 saturated carbocycles. The van der Waals surface area contributed by atoms with Crippen LogP contribution in [0.15, 0.2) is 21.9 Å². The molecule has 1 aromatic heterocycles. The summed E-state index contributed by atoms with van der Waals surface area (Å²) in [7, 11) is 0. The van der Waals surface area contributed by atoms with E-state index in [1.807, 2.05) is 0 Å². The zero-order chi connectivity index (χ0) is 8.81. The first kappa shape index (κ1) is 8.54. The molecule has 0 aromatic carbocycles. The Bertz CT molecular complexity index is 244. The van der Waals surface area contributed by atoms with E-state index < -0.39 is 0 Å². The van der Waals surface area contributed by atoms with E-state index in [9.17, 15) is 0 Å². The molecule has 6 nitrogen and oxygen atoms in total. The number of aromatic nitrogens is 1. The molecule has 1 aromatic rings. The van der Waals surface area contributed by atoms with E-state index in [1.54, 1.807) is 12.3 Å². The molecule has 0 aliphatic carbocycles. The summed E-state index contributed by atoms with van der Waals surface area (Å²) in [5, 5.41) is 17.4. The van der Waals surface area contributed by atoms with Crippen molar-refractivity contribution in [2.45, 2.75) is 6.54 Å². The minimum atomic E-state index is 0.134. The molecule has 0 aliphatic rings. The fraction of sp³-hybridized carbons (Fsp3) is 0.333. The zero-order valence-electron chi connectivity index (χ0n) is 6.40. The highest BCUT2D eigenvalue weighted by Gasteiger charge is 1.96. The molecule has 0 aliphatic heterocycles. The van der Waals surface area contributed by atoms with E-state index in [0.717, 1.165) is 0 Å². The lowest BCUT2D eigenvalue weighted by Crippen LogP contribution is -2.28. The molecule has 4 N–H and O–H groups in total. The van der Waals surface area contributed by atoms with Gasteiger partial charge in [0.1, 0.15) is 5.76 Å². The number of nitrogens with two attached hydrogens (primary N) is 1. The summed E-state index contributed by atoms with van der Waals surface area (Å²) in [4.78, 5) is 0. The normalized spacial score (nSPS) is 11.8. The molecule has 0 radical (unpaired) electrons. The lowest BCUT2D eigenvalue weighted by Gasteiger charge is -1.98. The Balaban J connectivity index is 2.19. The molecule has 0 spiro atoms. The Morgan fingerprint density at radius 3 is 3.25 bits per heavy atom. The maximum absolute atomic E-state index is 8.18. The van der Waals surface area contributed by atoms with Crippen LogP contribution in [0.2, 0.25) is 0 Å². The monoisotopic (exact) mass is 170 g/mol. The topological polar surface area (TPSA) is 96.7 Å². The number of hydrogen-bond donors (Lipinski definition) is 3. The van der Waals surface area contributed by atoms with E-state index in [4.69, 9.17) is 15.5 Å². The first-order valence-electron chi connectivity index (χ1n) is 3.39. The lowest BCUT2D eigenvalue weighted by molar-refractivity contribution is 0.316. The van der Waals surface area contributed by atoms with Crippen LogP contribution in [0, 0.1) is 0 Å². The van der Waals surface area contributed by atoms with Gasteiger partial charge in [0.25, 0.3) is 0 Å². The van der Waals surface area contributed by atoms with Crippen LogP contribution in [0.5, 0.6) is 0 Å². The average molecular weight is 170 g/mol. The first-order chi connectivity index (χ1) is 5.83. The van der Waals surface area contributed by atoms with Crippen molar-refractivity contribution in [3.63, 3.8) is 0 Å². The summed E-state index contributed by atoms with van der Waals surface area (Å²) in [6.07, 6.45) is 1.56. The summed E-state index contributed by atoms with van der Waals surface area (Å²) in [6, 6.07) is 1.74. The molecule has 0 amide bonds. The van der Waals surface area contributed by atoms with Crippen LogP contribution >= 0.6 is 0 Å². The zero-order valence-corrected chi connectivity index (χ0v) is 6.40. The molecule has 0 saturated heterocycles. The van der Waals surface area contributed by atoms with E-state index in [2.05, 4.69) is 15.6 Å². The smallest absolute Gasteiger partial charge is 0.153 e. The third-order valence-electron chi connectivity index (χ3n) is 1.23. The second-order valence-corrected chi connectivity index (χ2v) is 2.17. The largest absolute Gasteiger partial charge is 0.409 e. The molecule has 0 atom stereocenters. The van der Waals surface area contributed by atoms with Gasteiger partial charge in [-0.2, -0.15) is 0 Å². The Morgan fingerprint density at radius 2 is 2.67 bits per heavy atom. The quantitative estimate of drug-likeness (QED) is 0.245. The molecule has 12 heavy (non-hydrogen) atoms. The molecule has 1 heterocycles. The van der Waals surface area contributed by atoms with Gasteiger partial charge in [0.2, 0.25) is 0 Å².